The van der Waals surface area contributed by atoms with Crippen LogP contribution in [0.2, 0.25) is 0 Å². The second kappa shape index (κ2) is 5.72. The van der Waals surface area contributed by atoms with Crippen LogP contribution in [0, 0.1) is 0 Å². The predicted molar refractivity (Wildman–Crippen MR) is 75.8 cm³/mol. The van der Waals surface area contributed by atoms with Gasteiger partial charge in [-0.2, -0.15) is 0 Å². The first-order chi connectivity index (χ1) is 10.6. The molecule has 112 valence electrons. The number of ether oxygens (including phenoxy) is 1. The van der Waals surface area contributed by atoms with Gasteiger partial charge in [0.1, 0.15) is 17.2 Å². The van der Waals surface area contributed by atoms with Crippen LogP contribution in [-0.4, -0.2) is 27.1 Å². The Hall–Kier alpha value is -3.09. The van der Waals surface area contributed by atoms with Crippen molar-refractivity contribution in [1.82, 2.24) is 4.98 Å². The molecule has 0 amide bonds. The number of phenolic OH excluding ortho intramolecular Hbond substituents is 1. The summed E-state index contributed by atoms with van der Waals surface area (Å²) in [6.45, 7) is 0. The van der Waals surface area contributed by atoms with Gasteiger partial charge in [0.05, 0.1) is 12.6 Å². The first-order valence-corrected chi connectivity index (χ1v) is 6.50. The summed E-state index contributed by atoms with van der Waals surface area (Å²) in [5.74, 6) is -0.147. The predicted octanol–water partition coefficient (Wildman–Crippen LogP) is 2.34. The molecule has 1 aliphatic rings. The molecular formula is C15H12N2O5. The van der Waals surface area contributed by atoms with Crippen molar-refractivity contribution >= 4 is 11.9 Å². The van der Waals surface area contributed by atoms with E-state index in [1.807, 2.05) is 0 Å². The summed E-state index contributed by atoms with van der Waals surface area (Å²) in [6.07, 6.45) is 1.48. The van der Waals surface area contributed by atoms with Crippen molar-refractivity contribution in [3.05, 3.63) is 53.9 Å². The van der Waals surface area contributed by atoms with Gasteiger partial charge in [0, 0.05) is 0 Å². The number of phenols is 1. The highest BCUT2D eigenvalue weighted by Crippen LogP contribution is 2.29. The number of benzene rings is 1. The van der Waals surface area contributed by atoms with Gasteiger partial charge in [0.2, 0.25) is 5.90 Å². The molecular weight excluding hydrogens is 288 g/mol. The van der Waals surface area contributed by atoms with Gasteiger partial charge in [0.25, 0.3) is 0 Å². The second-order valence-corrected chi connectivity index (χ2v) is 4.66. The number of hydrogen-bond donors (Lipinski definition) is 2. The van der Waals surface area contributed by atoms with Crippen LogP contribution in [0.15, 0.2) is 47.8 Å². The molecule has 0 saturated carbocycles. The van der Waals surface area contributed by atoms with Gasteiger partial charge in [-0.15, -0.1) is 0 Å². The zero-order valence-corrected chi connectivity index (χ0v) is 11.3. The summed E-state index contributed by atoms with van der Waals surface area (Å²) in [4.78, 5) is 19.8. The first kappa shape index (κ1) is 13.9. The summed E-state index contributed by atoms with van der Waals surface area (Å²) in [5, 5.41) is 21.9. The van der Waals surface area contributed by atoms with E-state index in [1.54, 1.807) is 24.3 Å². The molecule has 3 rings (SSSR count). The summed E-state index contributed by atoms with van der Waals surface area (Å²) in [5.41, 5.74) is 0.818. The van der Waals surface area contributed by atoms with Crippen molar-refractivity contribution in [1.29, 1.82) is 0 Å². The SMILES string of the molecule is O=C(O)c1ccc(OC2=NO[C@H](c3ccc(O)cc3)C2)cn1. The molecule has 2 heterocycles. The van der Waals surface area contributed by atoms with E-state index in [2.05, 4.69) is 10.1 Å². The summed E-state index contributed by atoms with van der Waals surface area (Å²) >= 11 is 0. The molecule has 1 aromatic carbocycles. The Balaban J connectivity index is 1.63. The number of aromatic carboxylic acids is 1. The third-order valence-corrected chi connectivity index (χ3v) is 3.10. The molecule has 0 aliphatic carbocycles. The Bertz CT molecular complexity index is 710. The number of carboxylic acid groups (broad SMARTS) is 1. The van der Waals surface area contributed by atoms with Crippen molar-refractivity contribution in [2.45, 2.75) is 12.5 Å². The zero-order chi connectivity index (χ0) is 15.5. The molecule has 1 aromatic heterocycles. The largest absolute Gasteiger partial charge is 0.508 e. The highest BCUT2D eigenvalue weighted by atomic mass is 16.7. The monoisotopic (exact) mass is 300 g/mol. The molecule has 7 heteroatoms. The van der Waals surface area contributed by atoms with E-state index >= 15 is 0 Å². The Morgan fingerprint density at radius 2 is 2.00 bits per heavy atom. The minimum atomic E-state index is -1.10. The number of carbonyl (C=O) groups is 1. The number of carboxylic acids is 1. The molecule has 22 heavy (non-hydrogen) atoms. The van der Waals surface area contributed by atoms with Crippen LogP contribution in [0.5, 0.6) is 11.5 Å². The summed E-state index contributed by atoms with van der Waals surface area (Å²) in [6, 6.07) is 9.51. The maximum atomic E-state index is 10.7. The van der Waals surface area contributed by atoms with Gasteiger partial charge in [0.15, 0.2) is 6.10 Å². The van der Waals surface area contributed by atoms with E-state index in [4.69, 9.17) is 14.7 Å². The summed E-state index contributed by atoms with van der Waals surface area (Å²) in [7, 11) is 0. The third kappa shape index (κ3) is 2.98. The third-order valence-electron chi connectivity index (χ3n) is 3.10. The second-order valence-electron chi connectivity index (χ2n) is 4.66. The quantitative estimate of drug-likeness (QED) is 0.902. The number of aromatic nitrogens is 1. The van der Waals surface area contributed by atoms with E-state index in [9.17, 15) is 9.90 Å². The van der Waals surface area contributed by atoms with E-state index < -0.39 is 5.97 Å². The van der Waals surface area contributed by atoms with Crippen LogP contribution < -0.4 is 4.74 Å². The molecule has 7 nitrogen and oxygen atoms in total. The normalized spacial score (nSPS) is 16.7. The standard InChI is InChI=1S/C15H12N2O5/c18-10-3-1-9(2-4-10)13-7-14(17-22-13)21-11-5-6-12(15(19)20)16-8-11/h1-6,8,13,18H,7H2,(H,19,20)/t13-/m0/s1. The number of aromatic hydroxyl groups is 1. The first-order valence-electron chi connectivity index (χ1n) is 6.50. The van der Waals surface area contributed by atoms with Gasteiger partial charge in [-0.05, 0) is 29.8 Å². The van der Waals surface area contributed by atoms with Gasteiger partial charge >= 0.3 is 5.97 Å². The Kier molecular flexibility index (Phi) is 3.61. The number of pyridine rings is 1. The lowest BCUT2D eigenvalue weighted by Crippen LogP contribution is -2.08. The fourth-order valence-electron chi connectivity index (χ4n) is 1.99. The lowest BCUT2D eigenvalue weighted by molar-refractivity contribution is 0.0690. The molecule has 0 fully saturated rings. The van der Waals surface area contributed by atoms with Gasteiger partial charge in [-0.25, -0.2) is 9.78 Å². The topological polar surface area (TPSA) is 101 Å². The number of oxime groups is 1. The van der Waals surface area contributed by atoms with E-state index in [0.717, 1.165) is 5.56 Å². The fourth-order valence-corrected chi connectivity index (χ4v) is 1.99. The Morgan fingerprint density at radius 1 is 1.23 bits per heavy atom. The Labute approximate surface area is 125 Å². The van der Waals surface area contributed by atoms with E-state index in [-0.39, 0.29) is 17.5 Å². The highest BCUT2D eigenvalue weighted by Gasteiger charge is 2.24. The van der Waals surface area contributed by atoms with E-state index in [0.29, 0.717) is 18.1 Å². The Morgan fingerprint density at radius 3 is 2.64 bits per heavy atom. The lowest BCUT2D eigenvalue weighted by atomic mass is 10.1. The molecule has 1 aliphatic heterocycles. The van der Waals surface area contributed by atoms with Crippen molar-refractivity contribution in [3.63, 3.8) is 0 Å². The van der Waals surface area contributed by atoms with E-state index in [1.165, 1.54) is 18.3 Å². The van der Waals surface area contributed by atoms with Crippen molar-refractivity contribution in [2.75, 3.05) is 0 Å². The average Bonchev–Trinajstić information content (AvgIpc) is 2.97. The smallest absolute Gasteiger partial charge is 0.354 e. The fraction of sp³-hybridized carbons (Fsp3) is 0.133. The van der Waals surface area contributed by atoms with Crippen LogP contribution >= 0.6 is 0 Å². The molecule has 2 N–H and O–H groups in total. The van der Waals surface area contributed by atoms with Crippen molar-refractivity contribution < 1.29 is 24.6 Å². The minimum Gasteiger partial charge on any atom is -0.508 e. The number of hydrogen-bond acceptors (Lipinski definition) is 6. The number of rotatable bonds is 3. The molecule has 0 bridgehead atoms. The average molecular weight is 300 g/mol. The number of nitrogens with zero attached hydrogens (tertiary/aromatic N) is 2. The van der Waals surface area contributed by atoms with Crippen LogP contribution in [-0.2, 0) is 4.84 Å². The molecule has 0 spiro atoms. The van der Waals surface area contributed by atoms with Gasteiger partial charge < -0.3 is 19.8 Å². The molecule has 2 aromatic rings. The van der Waals surface area contributed by atoms with Gasteiger partial charge in [-0.1, -0.05) is 17.3 Å². The zero-order valence-electron chi connectivity index (χ0n) is 11.3. The lowest BCUT2D eigenvalue weighted by Gasteiger charge is -2.08. The minimum absolute atomic E-state index is 0.0565. The highest BCUT2D eigenvalue weighted by molar-refractivity contribution is 5.85. The molecule has 0 saturated heterocycles. The summed E-state index contributed by atoms with van der Waals surface area (Å²) < 4.78 is 5.51. The van der Waals surface area contributed by atoms with Gasteiger partial charge in [-0.3, -0.25) is 0 Å². The maximum Gasteiger partial charge on any atom is 0.354 e. The molecule has 0 radical (unpaired) electrons. The maximum absolute atomic E-state index is 10.7. The van der Waals surface area contributed by atoms with Crippen molar-refractivity contribution in [2.24, 2.45) is 5.16 Å². The van der Waals surface area contributed by atoms with Crippen LogP contribution in [0.1, 0.15) is 28.6 Å². The van der Waals surface area contributed by atoms with Crippen LogP contribution in [0.3, 0.4) is 0 Å². The van der Waals surface area contributed by atoms with Crippen LogP contribution in [0.4, 0.5) is 0 Å². The van der Waals surface area contributed by atoms with Crippen molar-refractivity contribution in [3.8, 4) is 11.5 Å². The molecule has 1 atom stereocenters. The van der Waals surface area contributed by atoms with Crippen LogP contribution in [0.25, 0.3) is 0 Å². The molecule has 0 unspecified atom stereocenters.